The fourth-order valence-corrected chi connectivity index (χ4v) is 3.85. The quantitative estimate of drug-likeness (QED) is 0.639. The first kappa shape index (κ1) is 18.0. The van der Waals surface area contributed by atoms with Gasteiger partial charge in [-0.2, -0.15) is 0 Å². The lowest BCUT2D eigenvalue weighted by atomic mass is 10.2. The lowest BCUT2D eigenvalue weighted by Gasteiger charge is -2.14. The number of rotatable bonds is 5. The van der Waals surface area contributed by atoms with E-state index in [1.807, 2.05) is 0 Å². The number of hydrogen-bond donors (Lipinski definition) is 1. The van der Waals surface area contributed by atoms with E-state index in [2.05, 4.69) is 4.72 Å². The number of halogens is 1. The number of nitrogens with one attached hydrogen (secondary N) is 1. The Morgan fingerprint density at radius 1 is 1.21 bits per heavy atom. The molecular weight excluding hydrogens is 356 g/mol. The van der Waals surface area contributed by atoms with Gasteiger partial charge in [0.1, 0.15) is 5.75 Å². The first-order chi connectivity index (χ1) is 11.2. The Hall–Kier alpha value is -2.32. The van der Waals surface area contributed by atoms with Crippen LogP contribution >= 0.6 is 11.6 Å². The number of ether oxygens (including phenoxy) is 1. The van der Waals surface area contributed by atoms with E-state index in [9.17, 15) is 18.5 Å². The van der Waals surface area contributed by atoms with Crippen LogP contribution in [0.4, 0.5) is 11.4 Å². The van der Waals surface area contributed by atoms with E-state index in [0.717, 1.165) is 6.07 Å². The van der Waals surface area contributed by atoms with Crippen LogP contribution in [0.1, 0.15) is 11.1 Å². The average Bonchev–Trinajstić information content (AvgIpc) is 2.49. The number of hydrogen-bond acceptors (Lipinski definition) is 5. The first-order valence-corrected chi connectivity index (χ1v) is 8.64. The summed E-state index contributed by atoms with van der Waals surface area (Å²) in [6.07, 6.45) is 0. The van der Waals surface area contributed by atoms with Crippen LogP contribution in [0.2, 0.25) is 5.02 Å². The van der Waals surface area contributed by atoms with E-state index in [4.69, 9.17) is 16.3 Å². The molecule has 0 atom stereocenters. The fraction of sp³-hybridized carbons (Fsp3) is 0.200. The molecule has 0 aromatic heterocycles. The maximum Gasteiger partial charge on any atom is 0.290 e. The molecule has 2 aromatic rings. The van der Waals surface area contributed by atoms with Crippen LogP contribution in [0.3, 0.4) is 0 Å². The Morgan fingerprint density at radius 3 is 2.46 bits per heavy atom. The number of nitro groups is 1. The van der Waals surface area contributed by atoms with Crippen LogP contribution in [0.5, 0.6) is 5.75 Å². The number of nitro benzene ring substituents is 1. The highest BCUT2D eigenvalue weighted by Gasteiger charge is 2.28. The topological polar surface area (TPSA) is 98.5 Å². The summed E-state index contributed by atoms with van der Waals surface area (Å²) >= 11 is 6.00. The molecule has 0 aliphatic rings. The zero-order valence-corrected chi connectivity index (χ0v) is 14.7. The number of sulfonamides is 1. The molecule has 2 rings (SSSR count). The minimum Gasteiger partial charge on any atom is -0.495 e. The summed E-state index contributed by atoms with van der Waals surface area (Å²) in [6, 6.07) is 7.04. The normalized spacial score (nSPS) is 11.2. The monoisotopic (exact) mass is 370 g/mol. The third-order valence-corrected chi connectivity index (χ3v) is 5.35. The highest BCUT2D eigenvalue weighted by atomic mass is 35.5. The van der Waals surface area contributed by atoms with E-state index in [1.54, 1.807) is 6.92 Å². The van der Waals surface area contributed by atoms with Crippen molar-refractivity contribution in [1.29, 1.82) is 0 Å². The highest BCUT2D eigenvalue weighted by molar-refractivity contribution is 7.93. The largest absolute Gasteiger partial charge is 0.495 e. The van der Waals surface area contributed by atoms with Crippen molar-refractivity contribution < 1.29 is 18.1 Å². The zero-order valence-electron chi connectivity index (χ0n) is 13.2. The van der Waals surface area contributed by atoms with Crippen LogP contribution in [0.25, 0.3) is 0 Å². The summed E-state index contributed by atoms with van der Waals surface area (Å²) in [7, 11) is -2.83. The second-order valence-electron chi connectivity index (χ2n) is 5.09. The maximum absolute atomic E-state index is 12.7. The molecular formula is C15H15ClN2O5S. The summed E-state index contributed by atoms with van der Waals surface area (Å²) in [4.78, 5) is 10.1. The Kier molecular flexibility index (Phi) is 5.00. The lowest BCUT2D eigenvalue weighted by Crippen LogP contribution is -2.16. The number of nitrogens with zero attached hydrogens (tertiary/aromatic N) is 1. The molecule has 24 heavy (non-hydrogen) atoms. The van der Waals surface area contributed by atoms with Gasteiger partial charge in [0.25, 0.3) is 15.7 Å². The van der Waals surface area contributed by atoms with E-state index >= 15 is 0 Å². The van der Waals surface area contributed by atoms with Crippen molar-refractivity contribution in [3.63, 3.8) is 0 Å². The number of methoxy groups -OCH3 is 1. The molecule has 0 radical (unpaired) electrons. The van der Waals surface area contributed by atoms with Crippen molar-refractivity contribution in [3.8, 4) is 5.75 Å². The van der Waals surface area contributed by atoms with Crippen LogP contribution in [-0.4, -0.2) is 20.5 Å². The molecule has 2 aromatic carbocycles. The smallest absolute Gasteiger partial charge is 0.290 e. The van der Waals surface area contributed by atoms with Crippen molar-refractivity contribution in [1.82, 2.24) is 0 Å². The van der Waals surface area contributed by atoms with E-state index in [-0.39, 0.29) is 21.9 Å². The van der Waals surface area contributed by atoms with Crippen molar-refractivity contribution in [2.75, 3.05) is 11.8 Å². The molecule has 9 heteroatoms. The van der Waals surface area contributed by atoms with Gasteiger partial charge in [0, 0.05) is 17.2 Å². The van der Waals surface area contributed by atoms with Gasteiger partial charge in [0.05, 0.1) is 17.7 Å². The van der Waals surface area contributed by atoms with Gasteiger partial charge in [-0.25, -0.2) is 8.42 Å². The van der Waals surface area contributed by atoms with Crippen molar-refractivity contribution in [2.24, 2.45) is 0 Å². The summed E-state index contributed by atoms with van der Waals surface area (Å²) < 4.78 is 32.9. The molecule has 0 heterocycles. The van der Waals surface area contributed by atoms with Gasteiger partial charge < -0.3 is 4.74 Å². The summed E-state index contributed by atoms with van der Waals surface area (Å²) in [5, 5.41) is 11.6. The predicted molar refractivity (Wildman–Crippen MR) is 91.4 cm³/mol. The minimum atomic E-state index is -4.20. The van der Waals surface area contributed by atoms with Gasteiger partial charge in [0.15, 0.2) is 4.90 Å². The number of benzene rings is 2. The van der Waals surface area contributed by atoms with Crippen LogP contribution in [-0.2, 0) is 10.0 Å². The van der Waals surface area contributed by atoms with Crippen molar-refractivity contribution in [3.05, 3.63) is 56.6 Å². The standard InChI is InChI=1S/C15H15ClN2O5S/c1-9-5-4-6-13(18(19)20)15(9)24(21,22)17-12-7-10(2)11(16)8-14(12)23-3/h4-8,17H,1-3H3. The molecule has 0 spiro atoms. The molecule has 0 unspecified atom stereocenters. The summed E-state index contributed by atoms with van der Waals surface area (Å²) in [5.74, 6) is 0.213. The third-order valence-electron chi connectivity index (χ3n) is 3.38. The van der Waals surface area contributed by atoms with Crippen molar-refractivity contribution in [2.45, 2.75) is 18.7 Å². The molecule has 7 nitrogen and oxygen atoms in total. The third kappa shape index (κ3) is 3.44. The molecule has 0 aliphatic heterocycles. The Labute approximate surface area is 144 Å². The van der Waals surface area contributed by atoms with Gasteiger partial charge in [0.2, 0.25) is 0 Å². The average molecular weight is 371 g/mol. The van der Waals surface area contributed by atoms with Crippen LogP contribution in [0, 0.1) is 24.0 Å². The minimum absolute atomic E-state index is 0.150. The molecule has 0 saturated carbocycles. The Balaban J connectivity index is 2.59. The summed E-state index contributed by atoms with van der Waals surface area (Å²) in [5.41, 5.74) is 0.555. The highest BCUT2D eigenvalue weighted by Crippen LogP contribution is 2.34. The first-order valence-electron chi connectivity index (χ1n) is 6.78. The Morgan fingerprint density at radius 2 is 1.88 bits per heavy atom. The lowest BCUT2D eigenvalue weighted by molar-refractivity contribution is -0.387. The molecule has 128 valence electrons. The van der Waals surface area contributed by atoms with E-state index in [1.165, 1.54) is 38.3 Å². The van der Waals surface area contributed by atoms with Gasteiger partial charge in [-0.3, -0.25) is 14.8 Å². The van der Waals surface area contributed by atoms with Crippen molar-refractivity contribution >= 4 is 33.0 Å². The van der Waals surface area contributed by atoms with E-state index < -0.39 is 20.6 Å². The summed E-state index contributed by atoms with van der Waals surface area (Å²) in [6.45, 7) is 3.20. The molecule has 0 saturated heterocycles. The van der Waals surface area contributed by atoms with Gasteiger partial charge in [-0.1, -0.05) is 23.7 Å². The van der Waals surface area contributed by atoms with Crippen LogP contribution < -0.4 is 9.46 Å². The molecule has 0 fully saturated rings. The Bertz CT molecular complexity index is 912. The zero-order chi connectivity index (χ0) is 18.1. The van der Waals surface area contributed by atoms with Gasteiger partial charge >= 0.3 is 0 Å². The molecule has 1 N–H and O–H groups in total. The van der Waals surface area contributed by atoms with Gasteiger partial charge in [-0.15, -0.1) is 0 Å². The number of anilines is 1. The van der Waals surface area contributed by atoms with Gasteiger partial charge in [-0.05, 0) is 31.0 Å². The maximum atomic E-state index is 12.7. The van der Waals surface area contributed by atoms with Crippen LogP contribution in [0.15, 0.2) is 35.2 Å². The second kappa shape index (κ2) is 6.66. The predicted octanol–water partition coefficient (Wildman–Crippen LogP) is 3.67. The van der Waals surface area contributed by atoms with E-state index in [0.29, 0.717) is 10.6 Å². The molecule has 0 bridgehead atoms. The second-order valence-corrected chi connectivity index (χ2v) is 7.11. The SMILES string of the molecule is COc1cc(Cl)c(C)cc1NS(=O)(=O)c1c(C)cccc1[N+](=O)[O-]. The fourth-order valence-electron chi connectivity index (χ4n) is 2.24. The molecule has 0 aliphatic carbocycles. The number of aryl methyl sites for hydroxylation is 2. The molecule has 0 amide bonds.